The van der Waals surface area contributed by atoms with Crippen LogP contribution in [0.15, 0.2) is 53.0 Å². The summed E-state index contributed by atoms with van der Waals surface area (Å²) in [5.41, 5.74) is 0.456. The molecule has 0 aliphatic heterocycles. The average Bonchev–Trinajstić information content (AvgIpc) is 2.70. The third kappa shape index (κ3) is 3.72. The summed E-state index contributed by atoms with van der Waals surface area (Å²) in [6.07, 6.45) is 2.74. The smallest absolute Gasteiger partial charge is 0.269 e. The van der Waals surface area contributed by atoms with Gasteiger partial charge in [-0.1, -0.05) is 17.7 Å². The Bertz CT molecular complexity index is 1190. The van der Waals surface area contributed by atoms with Crippen LogP contribution >= 0.6 is 11.6 Å². The number of ether oxygens (including phenoxy) is 1. The minimum Gasteiger partial charge on any atom is -0.438 e. The van der Waals surface area contributed by atoms with Gasteiger partial charge in [0.1, 0.15) is 28.6 Å². The van der Waals surface area contributed by atoms with Crippen molar-refractivity contribution in [2.75, 3.05) is 7.05 Å². The number of fused-ring (bicyclic) bond motifs is 1. The molecule has 140 valence electrons. The first-order valence-electron chi connectivity index (χ1n) is 8.24. The van der Waals surface area contributed by atoms with Crippen LogP contribution in [0.25, 0.3) is 11.7 Å². The molecule has 1 N–H and O–H groups in total. The van der Waals surface area contributed by atoms with Gasteiger partial charge in [0.2, 0.25) is 5.88 Å². The Balaban J connectivity index is 2.27. The first kappa shape index (κ1) is 19.1. The summed E-state index contributed by atoms with van der Waals surface area (Å²) in [5, 5.41) is 12.2. The van der Waals surface area contributed by atoms with E-state index in [0.717, 1.165) is 5.56 Å². The first-order valence-corrected chi connectivity index (χ1v) is 8.61. The highest BCUT2D eigenvalue weighted by molar-refractivity contribution is 6.30. The summed E-state index contributed by atoms with van der Waals surface area (Å²) in [5.74, 6) is -0.228. The van der Waals surface area contributed by atoms with Gasteiger partial charge in [0.15, 0.2) is 0 Å². The van der Waals surface area contributed by atoms with Crippen molar-refractivity contribution in [1.82, 2.24) is 14.7 Å². The number of halogens is 1. The van der Waals surface area contributed by atoms with Crippen LogP contribution in [0.2, 0.25) is 5.02 Å². The van der Waals surface area contributed by atoms with Gasteiger partial charge in [0.25, 0.3) is 11.5 Å². The van der Waals surface area contributed by atoms with Gasteiger partial charge < -0.3 is 10.1 Å². The molecule has 2 aromatic heterocycles. The molecule has 0 bridgehead atoms. The number of nitrogens with one attached hydrogen (secondary N) is 1. The minimum absolute atomic E-state index is 0.0155. The Morgan fingerprint density at radius 3 is 2.68 bits per heavy atom. The van der Waals surface area contributed by atoms with E-state index in [4.69, 9.17) is 16.3 Å². The lowest BCUT2D eigenvalue weighted by Crippen LogP contribution is -2.22. The van der Waals surface area contributed by atoms with Crippen LogP contribution in [0.3, 0.4) is 0 Å². The number of rotatable bonds is 4. The number of amides is 1. The largest absolute Gasteiger partial charge is 0.438 e. The second kappa shape index (κ2) is 7.94. The summed E-state index contributed by atoms with van der Waals surface area (Å²) < 4.78 is 7.14. The number of likely N-dealkylation sites (N-methyl/N-ethyl adjacent to an activating group) is 1. The molecule has 0 spiro atoms. The van der Waals surface area contributed by atoms with Gasteiger partial charge in [0.05, 0.1) is 0 Å². The number of nitriles is 1. The average molecular weight is 395 g/mol. The fraction of sp³-hybridized carbons (Fsp3) is 0.100. The van der Waals surface area contributed by atoms with E-state index in [9.17, 15) is 14.9 Å². The molecule has 0 fully saturated rings. The summed E-state index contributed by atoms with van der Waals surface area (Å²) in [6, 6.07) is 11.8. The quantitative estimate of drug-likeness (QED) is 0.541. The Morgan fingerprint density at radius 1 is 1.32 bits per heavy atom. The van der Waals surface area contributed by atoms with Crippen molar-refractivity contribution < 1.29 is 9.53 Å². The van der Waals surface area contributed by atoms with E-state index >= 15 is 0 Å². The highest BCUT2D eigenvalue weighted by Crippen LogP contribution is 2.25. The molecule has 0 aliphatic rings. The van der Waals surface area contributed by atoms with Gasteiger partial charge in [-0.3, -0.25) is 14.0 Å². The molecule has 28 heavy (non-hydrogen) atoms. The van der Waals surface area contributed by atoms with E-state index in [2.05, 4.69) is 10.3 Å². The van der Waals surface area contributed by atoms with Crippen molar-refractivity contribution in [2.45, 2.75) is 6.92 Å². The molecule has 1 aromatic carbocycles. The maximum atomic E-state index is 13.0. The molecule has 8 heteroatoms. The van der Waals surface area contributed by atoms with Crippen LogP contribution in [0, 0.1) is 18.3 Å². The summed E-state index contributed by atoms with van der Waals surface area (Å²) >= 11 is 5.89. The van der Waals surface area contributed by atoms with Crippen molar-refractivity contribution in [1.29, 1.82) is 5.26 Å². The fourth-order valence-corrected chi connectivity index (χ4v) is 2.66. The van der Waals surface area contributed by atoms with Crippen LogP contribution in [0.4, 0.5) is 0 Å². The van der Waals surface area contributed by atoms with E-state index in [1.165, 1.54) is 17.5 Å². The van der Waals surface area contributed by atoms with Crippen molar-refractivity contribution >= 4 is 29.2 Å². The van der Waals surface area contributed by atoms with Crippen LogP contribution in [-0.2, 0) is 4.79 Å². The normalized spacial score (nSPS) is 11.1. The van der Waals surface area contributed by atoms with Crippen LogP contribution < -0.4 is 15.6 Å². The van der Waals surface area contributed by atoms with Crippen molar-refractivity contribution in [3.8, 4) is 17.7 Å². The fourth-order valence-electron chi connectivity index (χ4n) is 2.54. The number of hydrogen-bond acceptors (Lipinski definition) is 5. The summed E-state index contributed by atoms with van der Waals surface area (Å²) in [4.78, 5) is 29.4. The van der Waals surface area contributed by atoms with Crippen LogP contribution in [0.1, 0.15) is 11.1 Å². The number of carbonyl (C=O) groups is 1. The molecule has 0 saturated heterocycles. The van der Waals surface area contributed by atoms with Gasteiger partial charge in [-0.15, -0.1) is 0 Å². The maximum absolute atomic E-state index is 13.0. The number of aryl methyl sites for hydroxylation is 1. The standard InChI is InChI=1S/C20H15ClN4O3/c1-12-4-3-9-25-17(12)24-19(28-15-7-5-14(21)6-8-15)16(20(25)27)10-13(11-22)18(26)23-2/h3-10H,1-2H3,(H,23,26)/b13-10+. The Hall–Kier alpha value is -3.63. The van der Waals surface area contributed by atoms with Gasteiger partial charge in [-0.2, -0.15) is 10.2 Å². The van der Waals surface area contributed by atoms with Crippen molar-refractivity contribution in [3.63, 3.8) is 0 Å². The third-order valence-electron chi connectivity index (χ3n) is 3.96. The van der Waals surface area contributed by atoms with Gasteiger partial charge >= 0.3 is 0 Å². The van der Waals surface area contributed by atoms with Crippen LogP contribution in [-0.4, -0.2) is 22.3 Å². The molecule has 0 unspecified atom stereocenters. The maximum Gasteiger partial charge on any atom is 0.269 e. The van der Waals surface area contributed by atoms with E-state index in [-0.39, 0.29) is 17.0 Å². The second-order valence-electron chi connectivity index (χ2n) is 5.83. The molecule has 7 nitrogen and oxygen atoms in total. The summed E-state index contributed by atoms with van der Waals surface area (Å²) in [6.45, 7) is 1.81. The highest BCUT2D eigenvalue weighted by atomic mass is 35.5. The zero-order valence-corrected chi connectivity index (χ0v) is 15.8. The molecule has 1 amide bonds. The van der Waals surface area contributed by atoms with E-state index in [1.54, 1.807) is 42.6 Å². The number of benzene rings is 1. The predicted molar refractivity (Wildman–Crippen MR) is 105 cm³/mol. The topological polar surface area (TPSA) is 96.5 Å². The lowest BCUT2D eigenvalue weighted by molar-refractivity contribution is -0.116. The number of nitrogens with zero attached hydrogens (tertiary/aromatic N) is 3. The molecule has 0 radical (unpaired) electrons. The molecule has 0 atom stereocenters. The number of carbonyl (C=O) groups excluding carboxylic acids is 1. The van der Waals surface area contributed by atoms with Crippen molar-refractivity contribution in [3.05, 3.63) is 74.7 Å². The zero-order chi connectivity index (χ0) is 20.3. The van der Waals surface area contributed by atoms with Gasteiger partial charge in [0, 0.05) is 18.3 Å². The van der Waals surface area contributed by atoms with E-state index in [0.29, 0.717) is 16.4 Å². The monoisotopic (exact) mass is 394 g/mol. The minimum atomic E-state index is -0.617. The SMILES string of the molecule is CNC(=O)/C(C#N)=C/c1c(Oc2ccc(Cl)cc2)nc2c(C)cccn2c1=O. The number of hydrogen-bond donors (Lipinski definition) is 1. The molecule has 3 rings (SSSR count). The molecule has 0 saturated carbocycles. The lowest BCUT2D eigenvalue weighted by atomic mass is 10.1. The third-order valence-corrected chi connectivity index (χ3v) is 4.21. The van der Waals surface area contributed by atoms with E-state index < -0.39 is 11.5 Å². The highest BCUT2D eigenvalue weighted by Gasteiger charge is 2.17. The molecular weight excluding hydrogens is 380 g/mol. The Morgan fingerprint density at radius 2 is 2.04 bits per heavy atom. The van der Waals surface area contributed by atoms with Gasteiger partial charge in [-0.05, 0) is 48.9 Å². The number of pyridine rings is 1. The molecule has 3 aromatic rings. The Kier molecular flexibility index (Phi) is 5.43. The summed E-state index contributed by atoms with van der Waals surface area (Å²) in [7, 11) is 1.40. The van der Waals surface area contributed by atoms with Crippen molar-refractivity contribution in [2.24, 2.45) is 0 Å². The van der Waals surface area contributed by atoms with E-state index in [1.807, 2.05) is 13.0 Å². The zero-order valence-electron chi connectivity index (χ0n) is 15.1. The molecular formula is C20H15ClN4O3. The molecule has 0 aliphatic carbocycles. The predicted octanol–water partition coefficient (Wildman–Crippen LogP) is 3.10. The first-order chi connectivity index (χ1) is 13.4. The van der Waals surface area contributed by atoms with Gasteiger partial charge in [-0.25, -0.2) is 0 Å². The van der Waals surface area contributed by atoms with Crippen LogP contribution in [0.5, 0.6) is 11.6 Å². The Labute approximate surface area is 165 Å². The number of aromatic nitrogens is 2. The second-order valence-corrected chi connectivity index (χ2v) is 6.26. The molecule has 2 heterocycles. The lowest BCUT2D eigenvalue weighted by Gasteiger charge is -2.11.